The smallest absolute Gasteiger partial charge is 0.308 e. The molecule has 1 saturated heterocycles. The SMILES string of the molecule is Cc1cc(C(=O)N2C[C@H](C(=O)O)[C@@H](c3cccnc3)C2)c2c(C)nn(C)c2n1. The summed E-state index contributed by atoms with van der Waals surface area (Å²) in [6.45, 7) is 4.18. The normalized spacial score (nSPS) is 19.3. The highest BCUT2D eigenvalue weighted by Gasteiger charge is 2.41. The molecule has 3 aromatic rings. The van der Waals surface area contributed by atoms with Gasteiger partial charge in [0.25, 0.3) is 5.91 Å². The van der Waals surface area contributed by atoms with Crippen LogP contribution in [0.3, 0.4) is 0 Å². The zero-order chi connectivity index (χ0) is 20.0. The van der Waals surface area contributed by atoms with Crippen molar-refractivity contribution in [2.24, 2.45) is 13.0 Å². The summed E-state index contributed by atoms with van der Waals surface area (Å²) < 4.78 is 1.66. The predicted octanol–water partition coefficient (Wildman–Crippen LogP) is 1.92. The standard InChI is InChI=1S/C20H21N5O3/c1-11-7-14(17-12(2)23-24(3)18(17)22-11)19(26)25-9-15(16(10-25)20(27)28)13-5-4-6-21-8-13/h4-8,15-16H,9-10H2,1-3H3,(H,27,28)/t15-,16+/m1/s1. The number of aliphatic carboxylic acids is 1. The maximum absolute atomic E-state index is 13.4. The van der Waals surface area contributed by atoms with E-state index in [1.807, 2.05) is 19.9 Å². The fraction of sp³-hybridized carbons (Fsp3) is 0.350. The van der Waals surface area contributed by atoms with Gasteiger partial charge in [-0.2, -0.15) is 5.10 Å². The molecule has 0 bridgehead atoms. The van der Waals surface area contributed by atoms with Gasteiger partial charge in [-0.25, -0.2) is 4.98 Å². The lowest BCUT2D eigenvalue weighted by molar-refractivity contribution is -0.141. The number of carbonyl (C=O) groups is 2. The number of fused-ring (bicyclic) bond motifs is 1. The van der Waals surface area contributed by atoms with Crippen LogP contribution in [0.1, 0.15) is 33.2 Å². The molecule has 8 nitrogen and oxygen atoms in total. The molecule has 2 atom stereocenters. The summed E-state index contributed by atoms with van der Waals surface area (Å²) in [6.07, 6.45) is 3.33. The van der Waals surface area contributed by atoms with Gasteiger partial charge >= 0.3 is 5.97 Å². The zero-order valence-electron chi connectivity index (χ0n) is 16.0. The second-order valence-electron chi connectivity index (χ2n) is 7.27. The van der Waals surface area contributed by atoms with E-state index in [0.29, 0.717) is 17.8 Å². The Morgan fingerprint density at radius 1 is 1.25 bits per heavy atom. The van der Waals surface area contributed by atoms with Crippen LogP contribution in [0, 0.1) is 19.8 Å². The summed E-state index contributed by atoms with van der Waals surface area (Å²) >= 11 is 0. The first-order valence-corrected chi connectivity index (χ1v) is 9.09. The fourth-order valence-corrected chi connectivity index (χ4v) is 4.06. The average Bonchev–Trinajstić information content (AvgIpc) is 3.23. The molecule has 4 heterocycles. The monoisotopic (exact) mass is 379 g/mol. The van der Waals surface area contributed by atoms with Gasteiger partial charge in [-0.05, 0) is 31.5 Å². The van der Waals surface area contributed by atoms with Gasteiger partial charge in [0.2, 0.25) is 0 Å². The number of carboxylic acid groups (broad SMARTS) is 1. The van der Waals surface area contributed by atoms with Crippen LogP contribution in [0.4, 0.5) is 0 Å². The molecule has 1 N–H and O–H groups in total. The quantitative estimate of drug-likeness (QED) is 0.746. The lowest BCUT2D eigenvalue weighted by Crippen LogP contribution is -2.30. The minimum absolute atomic E-state index is 0.163. The Kier molecular flexibility index (Phi) is 4.33. The van der Waals surface area contributed by atoms with Crippen LogP contribution in [-0.4, -0.2) is 54.7 Å². The Balaban J connectivity index is 1.73. The Labute approximate surface area is 161 Å². The van der Waals surface area contributed by atoms with Crippen molar-refractivity contribution in [1.29, 1.82) is 0 Å². The Hall–Kier alpha value is -3.29. The molecule has 144 valence electrons. The summed E-state index contributed by atoms with van der Waals surface area (Å²) in [4.78, 5) is 35.4. The first-order valence-electron chi connectivity index (χ1n) is 9.09. The van der Waals surface area contributed by atoms with Gasteiger partial charge < -0.3 is 10.0 Å². The third kappa shape index (κ3) is 2.90. The molecule has 8 heteroatoms. The molecule has 3 aromatic heterocycles. The topological polar surface area (TPSA) is 101 Å². The number of hydrogen-bond acceptors (Lipinski definition) is 5. The summed E-state index contributed by atoms with van der Waals surface area (Å²) in [5.74, 6) is -2.05. The van der Waals surface area contributed by atoms with Gasteiger partial charge in [-0.1, -0.05) is 6.07 Å². The van der Waals surface area contributed by atoms with Crippen molar-refractivity contribution >= 4 is 22.9 Å². The van der Waals surface area contributed by atoms with Gasteiger partial charge in [-0.3, -0.25) is 19.3 Å². The molecular formula is C20H21N5O3. The molecule has 1 aliphatic heterocycles. The third-order valence-corrected chi connectivity index (χ3v) is 5.36. The van der Waals surface area contributed by atoms with E-state index in [0.717, 1.165) is 22.3 Å². The van der Waals surface area contributed by atoms with E-state index in [4.69, 9.17) is 0 Å². The third-order valence-electron chi connectivity index (χ3n) is 5.36. The first kappa shape index (κ1) is 18.1. The highest BCUT2D eigenvalue weighted by molar-refractivity contribution is 6.06. The van der Waals surface area contributed by atoms with E-state index in [9.17, 15) is 14.7 Å². The van der Waals surface area contributed by atoms with E-state index in [-0.39, 0.29) is 18.4 Å². The van der Waals surface area contributed by atoms with Gasteiger partial charge in [0.1, 0.15) is 0 Å². The number of pyridine rings is 2. The number of amides is 1. The molecule has 1 fully saturated rings. The van der Waals surface area contributed by atoms with Crippen molar-refractivity contribution in [1.82, 2.24) is 24.6 Å². The van der Waals surface area contributed by atoms with Gasteiger partial charge in [0.05, 0.1) is 22.6 Å². The van der Waals surface area contributed by atoms with Crippen molar-refractivity contribution in [3.05, 3.63) is 53.1 Å². The number of hydrogen-bond donors (Lipinski definition) is 1. The van der Waals surface area contributed by atoms with Crippen molar-refractivity contribution in [3.8, 4) is 0 Å². The Morgan fingerprint density at radius 2 is 2.04 bits per heavy atom. The van der Waals surface area contributed by atoms with Crippen molar-refractivity contribution in [3.63, 3.8) is 0 Å². The summed E-state index contributed by atoms with van der Waals surface area (Å²) in [5.41, 5.74) is 3.45. The average molecular weight is 379 g/mol. The van der Waals surface area contributed by atoms with Crippen molar-refractivity contribution in [2.75, 3.05) is 13.1 Å². The largest absolute Gasteiger partial charge is 0.481 e. The molecule has 28 heavy (non-hydrogen) atoms. The Bertz CT molecular complexity index is 1080. The van der Waals surface area contributed by atoms with E-state index in [1.54, 1.807) is 41.2 Å². The number of carboxylic acids is 1. The highest BCUT2D eigenvalue weighted by Crippen LogP contribution is 2.34. The Morgan fingerprint density at radius 3 is 2.71 bits per heavy atom. The maximum atomic E-state index is 13.4. The highest BCUT2D eigenvalue weighted by atomic mass is 16.4. The molecule has 1 amide bonds. The summed E-state index contributed by atoms with van der Waals surface area (Å²) in [6, 6.07) is 5.40. The summed E-state index contributed by atoms with van der Waals surface area (Å²) in [5, 5.41) is 14.8. The molecule has 0 spiro atoms. The molecule has 0 unspecified atom stereocenters. The van der Waals surface area contributed by atoms with Gasteiger partial charge in [-0.15, -0.1) is 0 Å². The molecule has 1 aliphatic rings. The molecule has 0 saturated carbocycles. The van der Waals surface area contributed by atoms with Crippen LogP contribution < -0.4 is 0 Å². The van der Waals surface area contributed by atoms with Crippen LogP contribution in [0.25, 0.3) is 11.0 Å². The predicted molar refractivity (Wildman–Crippen MR) is 102 cm³/mol. The number of carbonyl (C=O) groups excluding carboxylic acids is 1. The van der Waals surface area contributed by atoms with Crippen LogP contribution >= 0.6 is 0 Å². The maximum Gasteiger partial charge on any atom is 0.308 e. The van der Waals surface area contributed by atoms with E-state index in [2.05, 4.69) is 15.1 Å². The second kappa shape index (κ2) is 6.70. The van der Waals surface area contributed by atoms with Gasteiger partial charge in [0.15, 0.2) is 5.65 Å². The molecule has 0 aliphatic carbocycles. The van der Waals surface area contributed by atoms with E-state index >= 15 is 0 Å². The molecule has 0 radical (unpaired) electrons. The number of aromatic nitrogens is 4. The minimum Gasteiger partial charge on any atom is -0.481 e. The number of rotatable bonds is 3. The van der Waals surface area contributed by atoms with E-state index in [1.165, 1.54) is 0 Å². The lowest BCUT2D eigenvalue weighted by Gasteiger charge is -2.17. The minimum atomic E-state index is -0.905. The van der Waals surface area contributed by atoms with Crippen LogP contribution in [-0.2, 0) is 11.8 Å². The van der Waals surface area contributed by atoms with Crippen LogP contribution in [0.2, 0.25) is 0 Å². The van der Waals surface area contributed by atoms with E-state index < -0.39 is 11.9 Å². The number of aryl methyl sites for hydroxylation is 3. The number of likely N-dealkylation sites (tertiary alicyclic amines) is 1. The molecule has 0 aromatic carbocycles. The second-order valence-corrected chi connectivity index (χ2v) is 7.27. The van der Waals surface area contributed by atoms with Crippen LogP contribution in [0.5, 0.6) is 0 Å². The molecular weight excluding hydrogens is 358 g/mol. The van der Waals surface area contributed by atoms with Crippen LogP contribution in [0.15, 0.2) is 30.6 Å². The zero-order valence-corrected chi connectivity index (χ0v) is 16.0. The first-order chi connectivity index (χ1) is 13.4. The number of nitrogens with zero attached hydrogens (tertiary/aromatic N) is 5. The van der Waals surface area contributed by atoms with Crippen molar-refractivity contribution < 1.29 is 14.7 Å². The van der Waals surface area contributed by atoms with Crippen molar-refractivity contribution in [2.45, 2.75) is 19.8 Å². The lowest BCUT2D eigenvalue weighted by atomic mass is 9.90. The summed E-state index contributed by atoms with van der Waals surface area (Å²) in [7, 11) is 1.80. The van der Waals surface area contributed by atoms with Gasteiger partial charge in [0, 0.05) is 44.1 Å². The fourth-order valence-electron chi connectivity index (χ4n) is 4.06. The molecule has 4 rings (SSSR count).